The molecule has 0 aromatic heterocycles. The van der Waals surface area contributed by atoms with Crippen LogP contribution in [0.4, 0.5) is 5.69 Å². The monoisotopic (exact) mass is 263 g/mol. The van der Waals surface area contributed by atoms with E-state index in [9.17, 15) is 5.11 Å². The fraction of sp³-hybridized carbons (Fsp3) is 0.111. The van der Waals surface area contributed by atoms with Crippen LogP contribution in [0.3, 0.4) is 0 Å². The smallest absolute Gasteiger partial charge is 0.105 e. The number of nitrogens with two attached hydrogens (primary N) is 1. The molecule has 0 bridgehead atoms. The molecule has 3 aromatic rings. The molecular formula is C18H17NO. The molecule has 0 aliphatic heterocycles. The maximum absolute atomic E-state index is 10.7. The van der Waals surface area contributed by atoms with Gasteiger partial charge in [0.1, 0.15) is 6.10 Å². The van der Waals surface area contributed by atoms with Crippen LogP contribution in [0.15, 0.2) is 60.7 Å². The van der Waals surface area contributed by atoms with Crippen molar-refractivity contribution in [2.75, 3.05) is 5.73 Å². The molecule has 2 nitrogen and oxygen atoms in total. The highest BCUT2D eigenvalue weighted by molar-refractivity contribution is 5.87. The van der Waals surface area contributed by atoms with Crippen molar-refractivity contribution in [2.24, 2.45) is 0 Å². The molecule has 0 fully saturated rings. The zero-order chi connectivity index (χ0) is 14.1. The first-order chi connectivity index (χ1) is 9.66. The van der Waals surface area contributed by atoms with Crippen LogP contribution in [0.25, 0.3) is 10.8 Å². The maximum Gasteiger partial charge on any atom is 0.105 e. The Hall–Kier alpha value is -2.32. The normalized spacial score (nSPS) is 12.5. The van der Waals surface area contributed by atoms with E-state index in [1.54, 1.807) is 0 Å². The molecule has 0 saturated heterocycles. The molecule has 0 aliphatic carbocycles. The van der Waals surface area contributed by atoms with Gasteiger partial charge in [-0.2, -0.15) is 0 Å². The summed E-state index contributed by atoms with van der Waals surface area (Å²) in [4.78, 5) is 0. The van der Waals surface area contributed by atoms with Crippen molar-refractivity contribution in [3.05, 3.63) is 77.4 Å². The van der Waals surface area contributed by atoms with Gasteiger partial charge in [-0.05, 0) is 46.5 Å². The number of fused-ring (bicyclic) bond motifs is 1. The van der Waals surface area contributed by atoms with Crippen molar-refractivity contribution >= 4 is 16.5 Å². The van der Waals surface area contributed by atoms with Crippen LogP contribution in [0.5, 0.6) is 0 Å². The van der Waals surface area contributed by atoms with Crippen LogP contribution < -0.4 is 5.73 Å². The summed E-state index contributed by atoms with van der Waals surface area (Å²) in [6.45, 7) is 2.03. The van der Waals surface area contributed by atoms with Gasteiger partial charge in [-0.3, -0.25) is 0 Å². The molecule has 0 aliphatic rings. The highest BCUT2D eigenvalue weighted by atomic mass is 16.3. The highest BCUT2D eigenvalue weighted by Crippen LogP contribution is 2.31. The first-order valence-corrected chi connectivity index (χ1v) is 6.68. The van der Waals surface area contributed by atoms with Crippen LogP contribution >= 0.6 is 0 Å². The van der Waals surface area contributed by atoms with Crippen LogP contribution in [0.1, 0.15) is 22.8 Å². The van der Waals surface area contributed by atoms with E-state index in [0.29, 0.717) is 5.69 Å². The SMILES string of the molecule is Cc1ccc2ccccc2c1[C@H](O)c1ccc(N)cc1. The topological polar surface area (TPSA) is 46.2 Å². The molecule has 1 atom stereocenters. The summed E-state index contributed by atoms with van der Waals surface area (Å²) in [6.07, 6.45) is -0.637. The molecular weight excluding hydrogens is 246 g/mol. The summed E-state index contributed by atoms with van der Waals surface area (Å²) < 4.78 is 0. The molecule has 20 heavy (non-hydrogen) atoms. The van der Waals surface area contributed by atoms with Gasteiger partial charge in [0.2, 0.25) is 0 Å². The van der Waals surface area contributed by atoms with Crippen molar-refractivity contribution in [3.63, 3.8) is 0 Å². The second-order valence-electron chi connectivity index (χ2n) is 5.09. The van der Waals surface area contributed by atoms with Gasteiger partial charge >= 0.3 is 0 Å². The minimum Gasteiger partial charge on any atom is -0.399 e. The van der Waals surface area contributed by atoms with E-state index in [1.807, 2.05) is 43.3 Å². The Morgan fingerprint density at radius 3 is 2.35 bits per heavy atom. The molecule has 100 valence electrons. The fourth-order valence-corrected chi connectivity index (χ4v) is 2.61. The average Bonchev–Trinajstić information content (AvgIpc) is 2.47. The molecule has 0 radical (unpaired) electrons. The zero-order valence-electron chi connectivity index (χ0n) is 11.4. The van der Waals surface area contributed by atoms with E-state index in [-0.39, 0.29) is 0 Å². The van der Waals surface area contributed by atoms with Crippen LogP contribution in [0.2, 0.25) is 0 Å². The predicted molar refractivity (Wildman–Crippen MR) is 83.6 cm³/mol. The number of aliphatic hydroxyl groups excluding tert-OH is 1. The summed E-state index contributed by atoms with van der Waals surface area (Å²) in [5.74, 6) is 0. The van der Waals surface area contributed by atoms with Crippen molar-refractivity contribution < 1.29 is 5.11 Å². The number of anilines is 1. The van der Waals surface area contributed by atoms with Crippen molar-refractivity contribution in [2.45, 2.75) is 13.0 Å². The summed E-state index contributed by atoms with van der Waals surface area (Å²) in [6, 6.07) is 19.7. The predicted octanol–water partition coefficient (Wildman–Crippen LogP) is 3.81. The molecule has 0 heterocycles. The number of aryl methyl sites for hydroxylation is 1. The van der Waals surface area contributed by atoms with Crippen LogP contribution in [0, 0.1) is 6.92 Å². The largest absolute Gasteiger partial charge is 0.399 e. The summed E-state index contributed by atoms with van der Waals surface area (Å²) in [5, 5.41) is 13.0. The third kappa shape index (κ3) is 2.15. The number of nitrogen functional groups attached to an aromatic ring is 1. The Morgan fingerprint density at radius 1 is 0.900 bits per heavy atom. The van der Waals surface area contributed by atoms with Gasteiger partial charge < -0.3 is 10.8 Å². The Morgan fingerprint density at radius 2 is 1.60 bits per heavy atom. The van der Waals surface area contributed by atoms with Gasteiger partial charge in [0.25, 0.3) is 0 Å². The Bertz CT molecular complexity index is 747. The van der Waals surface area contributed by atoms with E-state index >= 15 is 0 Å². The van der Waals surface area contributed by atoms with Crippen LogP contribution in [-0.4, -0.2) is 5.11 Å². The molecule has 0 unspecified atom stereocenters. The molecule has 3 rings (SSSR count). The molecule has 0 spiro atoms. The third-order valence-electron chi connectivity index (χ3n) is 3.71. The molecule has 3 aromatic carbocycles. The van der Waals surface area contributed by atoms with Gasteiger partial charge in [0, 0.05) is 5.69 Å². The molecule has 0 amide bonds. The first kappa shape index (κ1) is 12.7. The quantitative estimate of drug-likeness (QED) is 0.691. The standard InChI is InChI=1S/C18H17NO/c1-12-6-7-13-4-2-3-5-16(13)17(12)18(20)14-8-10-15(19)11-9-14/h2-11,18,20H,19H2,1H3/t18-/m1/s1. The third-order valence-corrected chi connectivity index (χ3v) is 3.71. The number of rotatable bonds is 2. The van der Waals surface area contributed by atoms with Crippen molar-refractivity contribution in [3.8, 4) is 0 Å². The molecule has 2 heteroatoms. The second kappa shape index (κ2) is 4.99. The van der Waals surface area contributed by atoms with Gasteiger partial charge in [-0.25, -0.2) is 0 Å². The fourth-order valence-electron chi connectivity index (χ4n) is 2.61. The molecule has 0 saturated carbocycles. The van der Waals surface area contributed by atoms with Crippen LogP contribution in [-0.2, 0) is 0 Å². The van der Waals surface area contributed by atoms with E-state index in [2.05, 4.69) is 24.3 Å². The maximum atomic E-state index is 10.7. The lowest BCUT2D eigenvalue weighted by Crippen LogP contribution is -2.03. The molecule has 3 N–H and O–H groups in total. The summed E-state index contributed by atoms with van der Waals surface area (Å²) in [5.41, 5.74) is 9.32. The summed E-state index contributed by atoms with van der Waals surface area (Å²) in [7, 11) is 0. The second-order valence-corrected chi connectivity index (χ2v) is 5.09. The Kier molecular flexibility index (Phi) is 3.17. The number of hydrogen-bond acceptors (Lipinski definition) is 2. The summed E-state index contributed by atoms with van der Waals surface area (Å²) >= 11 is 0. The highest BCUT2D eigenvalue weighted by Gasteiger charge is 2.15. The Balaban J connectivity index is 2.18. The van der Waals surface area contributed by atoms with E-state index < -0.39 is 6.10 Å². The minimum absolute atomic E-state index is 0.637. The van der Waals surface area contributed by atoms with Gasteiger partial charge in [-0.15, -0.1) is 0 Å². The lowest BCUT2D eigenvalue weighted by molar-refractivity contribution is 0.221. The average molecular weight is 263 g/mol. The number of benzene rings is 3. The van der Waals surface area contributed by atoms with Crippen molar-refractivity contribution in [1.82, 2.24) is 0 Å². The van der Waals surface area contributed by atoms with E-state index in [4.69, 9.17) is 5.73 Å². The van der Waals surface area contributed by atoms with Crippen molar-refractivity contribution in [1.29, 1.82) is 0 Å². The van der Waals surface area contributed by atoms with Gasteiger partial charge in [0.05, 0.1) is 0 Å². The lowest BCUT2D eigenvalue weighted by atomic mass is 9.92. The van der Waals surface area contributed by atoms with Gasteiger partial charge in [-0.1, -0.05) is 48.5 Å². The number of hydrogen-bond donors (Lipinski definition) is 2. The number of aliphatic hydroxyl groups is 1. The minimum atomic E-state index is -0.637. The van der Waals surface area contributed by atoms with E-state index in [0.717, 1.165) is 27.5 Å². The Labute approximate surface area is 118 Å². The van der Waals surface area contributed by atoms with Gasteiger partial charge in [0.15, 0.2) is 0 Å². The van der Waals surface area contributed by atoms with E-state index in [1.165, 1.54) is 0 Å². The zero-order valence-corrected chi connectivity index (χ0v) is 11.4. The first-order valence-electron chi connectivity index (χ1n) is 6.68. The lowest BCUT2D eigenvalue weighted by Gasteiger charge is -2.17.